The number of carbonyl (C=O) groups excluding carboxylic acids is 1. The van der Waals surface area contributed by atoms with Gasteiger partial charge in [0.15, 0.2) is 0 Å². The minimum absolute atomic E-state index is 0.0128. The van der Waals surface area contributed by atoms with Crippen LogP contribution in [0, 0.1) is 0 Å². The Morgan fingerprint density at radius 3 is 2.00 bits per heavy atom. The molecular formula is C20H34N2O. The Bertz CT molecular complexity index is 392. The molecule has 1 N–H and O–H groups in total. The summed E-state index contributed by atoms with van der Waals surface area (Å²) in [5, 5.41) is 2.96. The topological polar surface area (TPSA) is 42.0 Å². The van der Waals surface area contributed by atoms with Crippen molar-refractivity contribution in [1.82, 2.24) is 10.3 Å². The van der Waals surface area contributed by atoms with Gasteiger partial charge in [-0.3, -0.25) is 9.78 Å². The van der Waals surface area contributed by atoms with Crippen molar-refractivity contribution in [2.24, 2.45) is 0 Å². The van der Waals surface area contributed by atoms with Gasteiger partial charge in [-0.25, -0.2) is 0 Å². The predicted octanol–water partition coefficient (Wildman–Crippen LogP) is 5.51. The first-order valence-electron chi connectivity index (χ1n) is 9.53. The van der Waals surface area contributed by atoms with E-state index in [0.717, 1.165) is 13.0 Å². The molecule has 1 amide bonds. The summed E-state index contributed by atoms with van der Waals surface area (Å²) >= 11 is 0. The molecule has 0 aliphatic rings. The van der Waals surface area contributed by atoms with Crippen molar-refractivity contribution < 1.29 is 4.79 Å². The number of hydrogen-bond donors (Lipinski definition) is 1. The fourth-order valence-electron chi connectivity index (χ4n) is 2.77. The molecule has 0 bridgehead atoms. The first kappa shape index (κ1) is 19.7. The van der Waals surface area contributed by atoms with Crippen LogP contribution in [0.15, 0.2) is 24.5 Å². The second-order valence-corrected chi connectivity index (χ2v) is 6.39. The zero-order valence-electron chi connectivity index (χ0n) is 14.9. The molecule has 0 aliphatic carbocycles. The maximum absolute atomic E-state index is 11.8. The van der Waals surface area contributed by atoms with E-state index in [1.807, 2.05) is 0 Å². The van der Waals surface area contributed by atoms with E-state index in [1.54, 1.807) is 24.5 Å². The second kappa shape index (κ2) is 14.2. The summed E-state index contributed by atoms with van der Waals surface area (Å²) in [6.45, 7) is 3.04. The van der Waals surface area contributed by atoms with Crippen molar-refractivity contribution in [3.63, 3.8) is 0 Å². The van der Waals surface area contributed by atoms with E-state index in [-0.39, 0.29) is 5.91 Å². The highest BCUT2D eigenvalue weighted by molar-refractivity contribution is 5.93. The number of carbonyl (C=O) groups is 1. The average Bonchev–Trinajstić information content (AvgIpc) is 2.59. The number of nitrogens with zero attached hydrogens (tertiary/aromatic N) is 1. The van der Waals surface area contributed by atoms with Crippen molar-refractivity contribution >= 4 is 5.91 Å². The first-order chi connectivity index (χ1) is 11.3. The second-order valence-electron chi connectivity index (χ2n) is 6.39. The molecule has 0 fully saturated rings. The number of pyridine rings is 1. The lowest BCUT2D eigenvalue weighted by molar-refractivity contribution is 0.0952. The van der Waals surface area contributed by atoms with Gasteiger partial charge in [0.05, 0.1) is 5.56 Å². The molecule has 1 heterocycles. The van der Waals surface area contributed by atoms with Gasteiger partial charge in [0.2, 0.25) is 0 Å². The van der Waals surface area contributed by atoms with Gasteiger partial charge in [0.1, 0.15) is 0 Å². The van der Waals surface area contributed by atoms with E-state index >= 15 is 0 Å². The Kier molecular flexibility index (Phi) is 12.2. The normalized spacial score (nSPS) is 10.7. The van der Waals surface area contributed by atoms with Crippen LogP contribution >= 0.6 is 0 Å². The molecule has 0 aromatic carbocycles. The smallest absolute Gasteiger partial charge is 0.252 e. The molecule has 3 heteroatoms. The number of amides is 1. The van der Waals surface area contributed by atoms with Gasteiger partial charge in [0.25, 0.3) is 5.91 Å². The third-order valence-corrected chi connectivity index (χ3v) is 4.24. The largest absolute Gasteiger partial charge is 0.352 e. The first-order valence-corrected chi connectivity index (χ1v) is 9.53. The minimum atomic E-state index is -0.0128. The van der Waals surface area contributed by atoms with E-state index in [2.05, 4.69) is 17.2 Å². The highest BCUT2D eigenvalue weighted by Crippen LogP contribution is 2.11. The third kappa shape index (κ3) is 10.9. The molecule has 0 atom stereocenters. The Balaban J connectivity index is 1.82. The summed E-state index contributed by atoms with van der Waals surface area (Å²) in [6, 6.07) is 3.59. The number of hydrogen-bond acceptors (Lipinski definition) is 2. The van der Waals surface area contributed by atoms with Gasteiger partial charge in [-0.15, -0.1) is 0 Å². The molecule has 0 saturated heterocycles. The van der Waals surface area contributed by atoms with Crippen molar-refractivity contribution in [3.05, 3.63) is 30.1 Å². The van der Waals surface area contributed by atoms with Gasteiger partial charge < -0.3 is 5.32 Å². The van der Waals surface area contributed by atoms with E-state index in [1.165, 1.54) is 70.6 Å². The van der Waals surface area contributed by atoms with Crippen LogP contribution in [0.3, 0.4) is 0 Å². The van der Waals surface area contributed by atoms with E-state index in [0.29, 0.717) is 5.56 Å². The SMILES string of the molecule is CCCCCCCCCCCCCCNC(=O)c1cccnc1. The van der Waals surface area contributed by atoms with Crippen molar-refractivity contribution in [2.75, 3.05) is 6.54 Å². The molecule has 130 valence electrons. The molecular weight excluding hydrogens is 284 g/mol. The highest BCUT2D eigenvalue weighted by atomic mass is 16.1. The van der Waals surface area contributed by atoms with Gasteiger partial charge in [-0.05, 0) is 18.6 Å². The Morgan fingerprint density at radius 2 is 1.48 bits per heavy atom. The van der Waals surface area contributed by atoms with Crippen LogP contribution in [0.2, 0.25) is 0 Å². The maximum Gasteiger partial charge on any atom is 0.252 e. The third-order valence-electron chi connectivity index (χ3n) is 4.24. The standard InChI is InChI=1S/C20H34N2O/c1-2-3-4-5-6-7-8-9-10-11-12-13-17-22-20(23)19-15-14-16-21-18-19/h14-16,18H,2-13,17H2,1H3,(H,22,23). The lowest BCUT2D eigenvalue weighted by atomic mass is 10.1. The molecule has 1 aromatic heterocycles. The summed E-state index contributed by atoms with van der Waals surface area (Å²) in [6.07, 6.45) is 19.4. The lowest BCUT2D eigenvalue weighted by Gasteiger charge is -2.05. The number of rotatable bonds is 14. The van der Waals surface area contributed by atoms with Gasteiger partial charge >= 0.3 is 0 Å². The van der Waals surface area contributed by atoms with Crippen LogP contribution in [0.5, 0.6) is 0 Å². The zero-order valence-corrected chi connectivity index (χ0v) is 14.9. The van der Waals surface area contributed by atoms with Crippen LogP contribution in [-0.2, 0) is 0 Å². The van der Waals surface area contributed by atoms with E-state index in [4.69, 9.17) is 0 Å². The van der Waals surface area contributed by atoms with Crippen molar-refractivity contribution in [1.29, 1.82) is 0 Å². The van der Waals surface area contributed by atoms with Gasteiger partial charge in [-0.2, -0.15) is 0 Å². The Morgan fingerprint density at radius 1 is 0.913 bits per heavy atom. The Labute approximate surface area is 142 Å². The molecule has 0 aliphatic heterocycles. The van der Waals surface area contributed by atoms with Crippen LogP contribution in [-0.4, -0.2) is 17.4 Å². The number of unbranched alkanes of at least 4 members (excludes halogenated alkanes) is 11. The lowest BCUT2D eigenvalue weighted by Crippen LogP contribution is -2.24. The quantitative estimate of drug-likeness (QED) is 0.459. The highest BCUT2D eigenvalue weighted by Gasteiger charge is 2.03. The van der Waals surface area contributed by atoms with Crippen LogP contribution in [0.1, 0.15) is 94.3 Å². The summed E-state index contributed by atoms with van der Waals surface area (Å²) in [5.74, 6) is -0.0128. The molecule has 23 heavy (non-hydrogen) atoms. The molecule has 1 aromatic rings. The van der Waals surface area contributed by atoms with Crippen molar-refractivity contribution in [3.8, 4) is 0 Å². The predicted molar refractivity (Wildman–Crippen MR) is 97.6 cm³/mol. The van der Waals surface area contributed by atoms with Gasteiger partial charge in [-0.1, -0.05) is 77.6 Å². The average molecular weight is 319 g/mol. The molecule has 1 rings (SSSR count). The minimum Gasteiger partial charge on any atom is -0.352 e. The maximum atomic E-state index is 11.8. The monoisotopic (exact) mass is 318 g/mol. The number of nitrogens with one attached hydrogen (secondary N) is 1. The molecule has 3 nitrogen and oxygen atoms in total. The fraction of sp³-hybridized carbons (Fsp3) is 0.700. The molecule has 0 unspecified atom stereocenters. The molecule has 0 saturated carbocycles. The zero-order chi connectivity index (χ0) is 16.6. The summed E-state index contributed by atoms with van der Waals surface area (Å²) in [5.41, 5.74) is 0.645. The van der Waals surface area contributed by atoms with Crippen LogP contribution < -0.4 is 5.32 Å². The van der Waals surface area contributed by atoms with Crippen LogP contribution in [0.25, 0.3) is 0 Å². The Hall–Kier alpha value is -1.38. The summed E-state index contributed by atoms with van der Waals surface area (Å²) in [4.78, 5) is 15.8. The van der Waals surface area contributed by atoms with Gasteiger partial charge in [0, 0.05) is 18.9 Å². The van der Waals surface area contributed by atoms with E-state index in [9.17, 15) is 4.79 Å². The van der Waals surface area contributed by atoms with Crippen molar-refractivity contribution in [2.45, 2.75) is 84.0 Å². The summed E-state index contributed by atoms with van der Waals surface area (Å²) in [7, 11) is 0. The fourth-order valence-corrected chi connectivity index (χ4v) is 2.77. The van der Waals surface area contributed by atoms with Crippen LogP contribution in [0.4, 0.5) is 0 Å². The number of aromatic nitrogens is 1. The van der Waals surface area contributed by atoms with E-state index < -0.39 is 0 Å². The molecule has 0 spiro atoms. The summed E-state index contributed by atoms with van der Waals surface area (Å²) < 4.78 is 0. The molecule has 0 radical (unpaired) electrons.